The predicted octanol–water partition coefficient (Wildman–Crippen LogP) is 4.72. The molecule has 2 heterocycles. The van der Waals surface area contributed by atoms with Crippen molar-refractivity contribution in [2.75, 3.05) is 11.1 Å². The summed E-state index contributed by atoms with van der Waals surface area (Å²) in [5.41, 5.74) is 4.76. The van der Waals surface area contributed by atoms with Crippen LogP contribution in [0.3, 0.4) is 0 Å². The molecule has 0 unspecified atom stereocenters. The van der Waals surface area contributed by atoms with E-state index < -0.39 is 0 Å². The molecular formula is C21H20N4OS2. The van der Waals surface area contributed by atoms with E-state index in [-0.39, 0.29) is 11.7 Å². The second kappa shape index (κ2) is 8.21. The number of nitrogens with one attached hydrogen (secondary N) is 1. The largest absolute Gasteiger partial charge is 0.310 e. The zero-order valence-corrected chi connectivity index (χ0v) is 17.2. The number of aromatic nitrogens is 2. The number of aryl methyl sites for hydroxylation is 1. The minimum absolute atomic E-state index is 0.124. The van der Waals surface area contributed by atoms with Gasteiger partial charge in [-0.15, -0.1) is 11.3 Å². The number of para-hydroxylation sites is 1. The van der Waals surface area contributed by atoms with Gasteiger partial charge in [0.15, 0.2) is 4.34 Å². The van der Waals surface area contributed by atoms with E-state index in [1.165, 1.54) is 11.8 Å². The third kappa shape index (κ3) is 3.71. The van der Waals surface area contributed by atoms with Crippen LogP contribution in [0.2, 0.25) is 0 Å². The number of thioether (sulfide) groups is 1. The molecule has 1 amide bonds. The number of nitriles is 1. The number of nitrogens with zero attached hydrogens (tertiary/aromatic N) is 3. The Balaban J connectivity index is 1.66. The molecule has 0 saturated carbocycles. The number of hydrogen-bond acceptors (Lipinski definition) is 5. The number of fused-ring (bicyclic) bond motifs is 1. The fraction of sp³-hybridized carbons (Fsp3) is 0.286. The van der Waals surface area contributed by atoms with Gasteiger partial charge >= 0.3 is 0 Å². The number of amides is 1. The fourth-order valence-electron chi connectivity index (χ4n) is 3.59. The Bertz CT molecular complexity index is 1050. The Labute approximate surface area is 172 Å². The SMILES string of the molecule is Cc1csc(SCC(=O)Nc2c(C#N)c3c(n2-c2ccccc2)CCCC3)n1. The van der Waals surface area contributed by atoms with Crippen molar-refractivity contribution in [1.29, 1.82) is 5.26 Å². The molecule has 0 spiro atoms. The van der Waals surface area contributed by atoms with Crippen LogP contribution in [0, 0.1) is 18.3 Å². The van der Waals surface area contributed by atoms with Crippen LogP contribution < -0.4 is 5.32 Å². The summed E-state index contributed by atoms with van der Waals surface area (Å²) < 4.78 is 2.94. The van der Waals surface area contributed by atoms with Crippen LogP contribution in [-0.2, 0) is 17.6 Å². The molecule has 0 bridgehead atoms. The molecule has 1 aliphatic carbocycles. The van der Waals surface area contributed by atoms with E-state index in [1.807, 2.05) is 42.6 Å². The molecule has 0 aliphatic heterocycles. The van der Waals surface area contributed by atoms with Gasteiger partial charge in [0, 0.05) is 22.5 Å². The Morgan fingerprint density at radius 1 is 1.32 bits per heavy atom. The van der Waals surface area contributed by atoms with Crippen LogP contribution in [0.5, 0.6) is 0 Å². The summed E-state index contributed by atoms with van der Waals surface area (Å²) in [4.78, 5) is 17.1. The number of carbonyl (C=O) groups excluding carboxylic acids is 1. The van der Waals surface area contributed by atoms with Gasteiger partial charge in [0.25, 0.3) is 0 Å². The molecular weight excluding hydrogens is 388 g/mol. The lowest BCUT2D eigenvalue weighted by Gasteiger charge is -2.17. The normalized spacial score (nSPS) is 13.0. The second-order valence-corrected chi connectivity index (χ2v) is 8.81. The number of anilines is 1. The lowest BCUT2D eigenvalue weighted by Crippen LogP contribution is -2.18. The summed E-state index contributed by atoms with van der Waals surface area (Å²) in [7, 11) is 0. The molecule has 0 radical (unpaired) electrons. The molecule has 1 aliphatic rings. The lowest BCUT2D eigenvalue weighted by atomic mass is 9.95. The van der Waals surface area contributed by atoms with E-state index in [4.69, 9.17) is 0 Å². The third-order valence-electron chi connectivity index (χ3n) is 4.78. The monoisotopic (exact) mass is 408 g/mol. The standard InChI is InChI=1S/C21H20N4OS2/c1-14-12-27-21(23-14)28-13-19(26)24-20-17(11-22)16-9-5-6-10-18(16)25(20)15-7-3-2-4-8-15/h2-4,7-8,12H,5-6,9-10,13H2,1H3,(H,24,26). The molecule has 1 N–H and O–H groups in total. The number of thiazole rings is 1. The molecule has 0 saturated heterocycles. The molecule has 1 aromatic carbocycles. The summed E-state index contributed by atoms with van der Waals surface area (Å²) in [5.74, 6) is 0.741. The number of benzene rings is 1. The van der Waals surface area contributed by atoms with Gasteiger partial charge in [-0.1, -0.05) is 30.0 Å². The van der Waals surface area contributed by atoms with Crippen molar-refractivity contribution in [1.82, 2.24) is 9.55 Å². The summed E-state index contributed by atoms with van der Waals surface area (Å²) in [5, 5.41) is 14.8. The van der Waals surface area contributed by atoms with Crippen LogP contribution in [0.25, 0.3) is 5.69 Å². The summed E-state index contributed by atoms with van der Waals surface area (Å²) in [6, 6.07) is 12.3. The Kier molecular flexibility index (Phi) is 5.51. The first-order valence-electron chi connectivity index (χ1n) is 9.24. The fourth-order valence-corrected chi connectivity index (χ4v) is 5.24. The van der Waals surface area contributed by atoms with Gasteiger partial charge < -0.3 is 5.32 Å². The topological polar surface area (TPSA) is 70.7 Å². The van der Waals surface area contributed by atoms with Crippen LogP contribution >= 0.6 is 23.1 Å². The molecule has 3 aromatic rings. The second-order valence-electron chi connectivity index (χ2n) is 6.73. The number of rotatable bonds is 5. The van der Waals surface area contributed by atoms with Crippen LogP contribution in [-0.4, -0.2) is 21.2 Å². The van der Waals surface area contributed by atoms with E-state index in [0.717, 1.165) is 52.7 Å². The van der Waals surface area contributed by atoms with E-state index in [9.17, 15) is 10.1 Å². The minimum Gasteiger partial charge on any atom is -0.310 e. The van der Waals surface area contributed by atoms with Crippen LogP contribution in [0.1, 0.15) is 35.4 Å². The van der Waals surface area contributed by atoms with Gasteiger partial charge in [-0.05, 0) is 50.3 Å². The molecule has 0 atom stereocenters. The smallest absolute Gasteiger partial charge is 0.235 e. The van der Waals surface area contributed by atoms with Crippen molar-refractivity contribution in [2.45, 2.75) is 36.9 Å². The van der Waals surface area contributed by atoms with Gasteiger partial charge in [0.2, 0.25) is 5.91 Å². The van der Waals surface area contributed by atoms with Gasteiger partial charge in [0.05, 0.1) is 11.3 Å². The molecule has 142 valence electrons. The number of carbonyl (C=O) groups is 1. The molecule has 4 rings (SSSR count). The summed E-state index contributed by atoms with van der Waals surface area (Å²) >= 11 is 2.96. The van der Waals surface area contributed by atoms with Crippen molar-refractivity contribution in [3.05, 3.63) is 58.2 Å². The van der Waals surface area contributed by atoms with Crippen molar-refractivity contribution >= 4 is 34.8 Å². The molecule has 7 heteroatoms. The first-order chi connectivity index (χ1) is 13.7. The highest BCUT2D eigenvalue weighted by atomic mass is 32.2. The quantitative estimate of drug-likeness (QED) is 0.620. The Hall–Kier alpha value is -2.56. The highest BCUT2D eigenvalue weighted by Gasteiger charge is 2.26. The maximum Gasteiger partial charge on any atom is 0.235 e. The maximum absolute atomic E-state index is 12.7. The average Bonchev–Trinajstić information content (AvgIpc) is 3.27. The molecule has 2 aromatic heterocycles. The van der Waals surface area contributed by atoms with Gasteiger partial charge in [-0.3, -0.25) is 9.36 Å². The van der Waals surface area contributed by atoms with Crippen molar-refractivity contribution in [3.8, 4) is 11.8 Å². The van der Waals surface area contributed by atoms with Crippen molar-refractivity contribution < 1.29 is 4.79 Å². The zero-order valence-electron chi connectivity index (χ0n) is 15.6. The van der Waals surface area contributed by atoms with Gasteiger partial charge in [0.1, 0.15) is 11.9 Å². The first-order valence-corrected chi connectivity index (χ1v) is 11.1. The van der Waals surface area contributed by atoms with E-state index in [0.29, 0.717) is 11.4 Å². The van der Waals surface area contributed by atoms with Gasteiger partial charge in [-0.25, -0.2) is 4.98 Å². The molecule has 5 nitrogen and oxygen atoms in total. The van der Waals surface area contributed by atoms with E-state index in [2.05, 4.69) is 20.9 Å². The third-order valence-corrected chi connectivity index (χ3v) is 6.92. The van der Waals surface area contributed by atoms with E-state index >= 15 is 0 Å². The maximum atomic E-state index is 12.7. The van der Waals surface area contributed by atoms with Crippen molar-refractivity contribution in [3.63, 3.8) is 0 Å². The lowest BCUT2D eigenvalue weighted by molar-refractivity contribution is -0.113. The summed E-state index contributed by atoms with van der Waals surface area (Å²) in [6.07, 6.45) is 3.98. The van der Waals surface area contributed by atoms with Gasteiger partial charge in [-0.2, -0.15) is 5.26 Å². The first kappa shape index (κ1) is 18.8. The molecule has 28 heavy (non-hydrogen) atoms. The Morgan fingerprint density at radius 2 is 2.11 bits per heavy atom. The summed E-state index contributed by atoms with van der Waals surface area (Å²) in [6.45, 7) is 1.94. The predicted molar refractivity (Wildman–Crippen MR) is 113 cm³/mol. The van der Waals surface area contributed by atoms with Crippen LogP contribution in [0.15, 0.2) is 40.1 Å². The zero-order chi connectivity index (χ0) is 19.5. The number of hydrogen-bond donors (Lipinski definition) is 1. The minimum atomic E-state index is -0.124. The van der Waals surface area contributed by atoms with E-state index in [1.54, 1.807) is 11.3 Å². The molecule has 0 fully saturated rings. The average molecular weight is 409 g/mol. The highest BCUT2D eigenvalue weighted by molar-refractivity contribution is 8.01. The highest BCUT2D eigenvalue weighted by Crippen LogP contribution is 2.35. The van der Waals surface area contributed by atoms with Crippen LogP contribution in [0.4, 0.5) is 5.82 Å². The van der Waals surface area contributed by atoms with Crippen molar-refractivity contribution in [2.24, 2.45) is 0 Å². The Morgan fingerprint density at radius 3 is 2.82 bits per heavy atom.